The minimum absolute atomic E-state index is 0.256. The first-order valence-corrected chi connectivity index (χ1v) is 4.74. The van der Waals surface area contributed by atoms with E-state index in [4.69, 9.17) is 10.2 Å². The summed E-state index contributed by atoms with van der Waals surface area (Å²) >= 11 is 0. The summed E-state index contributed by atoms with van der Waals surface area (Å²) in [5.41, 5.74) is 0.261. The van der Waals surface area contributed by atoms with Crippen LogP contribution in [0.15, 0.2) is 18.3 Å². The summed E-state index contributed by atoms with van der Waals surface area (Å²) in [7, 11) is 1.27. The van der Waals surface area contributed by atoms with Gasteiger partial charge >= 0.3 is 5.97 Å². The molecule has 0 saturated carbocycles. The van der Waals surface area contributed by atoms with Crippen LogP contribution in [0.2, 0.25) is 0 Å². The maximum absolute atomic E-state index is 11.4. The molecule has 0 amide bonds. The summed E-state index contributed by atoms with van der Waals surface area (Å²) in [5.74, 6) is -0.243. The molecular formula is C10H14N2O4. The van der Waals surface area contributed by atoms with Crippen LogP contribution in [0.4, 0.5) is 5.82 Å². The fourth-order valence-corrected chi connectivity index (χ4v) is 1.14. The number of aromatic nitrogens is 1. The molecule has 0 atom stereocenters. The number of carbonyl (C=O) groups is 1. The van der Waals surface area contributed by atoms with Crippen LogP contribution in [0.1, 0.15) is 10.4 Å². The van der Waals surface area contributed by atoms with Gasteiger partial charge in [0.05, 0.1) is 26.4 Å². The SMILES string of the molecule is COC(=O)c1cccnc1NC(CO)CO. The lowest BCUT2D eigenvalue weighted by atomic mass is 10.2. The van der Waals surface area contributed by atoms with Gasteiger partial charge in [-0.05, 0) is 12.1 Å². The second kappa shape index (κ2) is 6.04. The van der Waals surface area contributed by atoms with E-state index >= 15 is 0 Å². The van der Waals surface area contributed by atoms with E-state index in [9.17, 15) is 4.79 Å². The Labute approximate surface area is 92.9 Å². The van der Waals surface area contributed by atoms with Gasteiger partial charge in [-0.25, -0.2) is 9.78 Å². The molecule has 0 aliphatic rings. The van der Waals surface area contributed by atoms with E-state index in [1.54, 1.807) is 12.1 Å². The molecule has 1 aromatic rings. The molecule has 6 nitrogen and oxygen atoms in total. The molecule has 88 valence electrons. The van der Waals surface area contributed by atoms with Crippen molar-refractivity contribution in [3.8, 4) is 0 Å². The molecule has 0 aromatic carbocycles. The van der Waals surface area contributed by atoms with Gasteiger partial charge in [-0.2, -0.15) is 0 Å². The zero-order valence-electron chi connectivity index (χ0n) is 8.88. The van der Waals surface area contributed by atoms with Crippen LogP contribution >= 0.6 is 0 Å². The van der Waals surface area contributed by atoms with Crippen LogP contribution < -0.4 is 5.32 Å². The van der Waals surface area contributed by atoms with Crippen molar-refractivity contribution in [3.05, 3.63) is 23.9 Å². The van der Waals surface area contributed by atoms with E-state index in [1.165, 1.54) is 13.3 Å². The van der Waals surface area contributed by atoms with E-state index in [1.807, 2.05) is 0 Å². The van der Waals surface area contributed by atoms with Gasteiger partial charge < -0.3 is 20.3 Å². The number of aliphatic hydroxyl groups excluding tert-OH is 2. The number of anilines is 1. The summed E-state index contributed by atoms with van der Waals surface area (Å²) in [6, 6.07) is 2.59. The summed E-state index contributed by atoms with van der Waals surface area (Å²) < 4.78 is 4.58. The smallest absolute Gasteiger partial charge is 0.341 e. The van der Waals surface area contributed by atoms with Crippen molar-refractivity contribution in [1.82, 2.24) is 4.98 Å². The second-order valence-corrected chi connectivity index (χ2v) is 3.10. The van der Waals surface area contributed by atoms with Crippen LogP contribution in [0.3, 0.4) is 0 Å². The lowest BCUT2D eigenvalue weighted by molar-refractivity contribution is 0.0601. The highest BCUT2D eigenvalue weighted by molar-refractivity contribution is 5.94. The Morgan fingerprint density at radius 2 is 2.25 bits per heavy atom. The fraction of sp³-hybridized carbons (Fsp3) is 0.400. The number of nitrogens with zero attached hydrogens (tertiary/aromatic N) is 1. The molecule has 1 aromatic heterocycles. The second-order valence-electron chi connectivity index (χ2n) is 3.10. The number of rotatable bonds is 5. The number of carbonyl (C=O) groups excluding carboxylic acids is 1. The largest absolute Gasteiger partial charge is 0.465 e. The maximum Gasteiger partial charge on any atom is 0.341 e. The van der Waals surface area contributed by atoms with Crippen molar-refractivity contribution >= 4 is 11.8 Å². The molecule has 3 N–H and O–H groups in total. The Balaban J connectivity index is 2.90. The molecule has 0 unspecified atom stereocenters. The molecule has 0 fully saturated rings. The molecule has 0 bridgehead atoms. The van der Waals surface area contributed by atoms with Gasteiger partial charge in [0.15, 0.2) is 0 Å². The first kappa shape index (κ1) is 12.4. The molecule has 1 heterocycles. The zero-order valence-corrected chi connectivity index (χ0v) is 8.88. The molecule has 0 aliphatic heterocycles. The highest BCUT2D eigenvalue weighted by Gasteiger charge is 2.15. The average molecular weight is 226 g/mol. The topological polar surface area (TPSA) is 91.7 Å². The predicted molar refractivity (Wildman–Crippen MR) is 57.2 cm³/mol. The van der Waals surface area contributed by atoms with Crippen LogP contribution in [0.5, 0.6) is 0 Å². The predicted octanol–water partition coefficient (Wildman–Crippen LogP) is -0.367. The van der Waals surface area contributed by atoms with Crippen LogP contribution in [0, 0.1) is 0 Å². The normalized spacial score (nSPS) is 10.2. The van der Waals surface area contributed by atoms with Gasteiger partial charge in [-0.3, -0.25) is 0 Å². The molecule has 0 spiro atoms. The summed E-state index contributed by atoms with van der Waals surface area (Å²) in [4.78, 5) is 15.3. The molecular weight excluding hydrogens is 212 g/mol. The number of methoxy groups -OCH3 is 1. The van der Waals surface area contributed by atoms with Crippen molar-refractivity contribution in [3.63, 3.8) is 0 Å². The first-order chi connectivity index (χ1) is 7.72. The van der Waals surface area contributed by atoms with Crippen LogP contribution in [-0.2, 0) is 4.74 Å². The number of nitrogens with one attached hydrogen (secondary N) is 1. The highest BCUT2D eigenvalue weighted by atomic mass is 16.5. The number of hydrogen-bond acceptors (Lipinski definition) is 6. The fourth-order valence-electron chi connectivity index (χ4n) is 1.14. The van der Waals surface area contributed by atoms with Crippen molar-refractivity contribution in [1.29, 1.82) is 0 Å². The third-order valence-electron chi connectivity index (χ3n) is 1.99. The van der Waals surface area contributed by atoms with Crippen molar-refractivity contribution in [2.45, 2.75) is 6.04 Å². The Kier molecular flexibility index (Phi) is 4.68. The van der Waals surface area contributed by atoms with Crippen molar-refractivity contribution < 1.29 is 19.7 Å². The average Bonchev–Trinajstić information content (AvgIpc) is 2.35. The number of esters is 1. The number of hydrogen-bond donors (Lipinski definition) is 3. The maximum atomic E-state index is 11.4. The van der Waals surface area contributed by atoms with Gasteiger partial charge in [-0.15, -0.1) is 0 Å². The Hall–Kier alpha value is -1.66. The van der Waals surface area contributed by atoms with Crippen LogP contribution in [0.25, 0.3) is 0 Å². The standard InChI is InChI=1S/C10H14N2O4/c1-16-10(15)8-3-2-4-11-9(8)12-7(5-13)6-14/h2-4,7,13-14H,5-6H2,1H3,(H,11,12). The summed E-state index contributed by atoms with van der Waals surface area (Å²) in [6.07, 6.45) is 1.50. The van der Waals surface area contributed by atoms with E-state index in [0.717, 1.165) is 0 Å². The zero-order chi connectivity index (χ0) is 12.0. The van der Waals surface area contributed by atoms with Gasteiger partial charge in [-0.1, -0.05) is 0 Å². The molecule has 0 saturated heterocycles. The molecule has 0 radical (unpaired) electrons. The van der Waals surface area contributed by atoms with Gasteiger partial charge in [0, 0.05) is 6.20 Å². The van der Waals surface area contributed by atoms with E-state index in [0.29, 0.717) is 0 Å². The number of ether oxygens (including phenoxy) is 1. The highest BCUT2D eigenvalue weighted by Crippen LogP contribution is 2.13. The van der Waals surface area contributed by atoms with Crippen molar-refractivity contribution in [2.24, 2.45) is 0 Å². The Morgan fingerprint density at radius 3 is 2.81 bits per heavy atom. The van der Waals surface area contributed by atoms with E-state index in [2.05, 4.69) is 15.0 Å². The van der Waals surface area contributed by atoms with Gasteiger partial charge in [0.2, 0.25) is 0 Å². The summed E-state index contributed by atoms with van der Waals surface area (Å²) in [6.45, 7) is -0.513. The lowest BCUT2D eigenvalue weighted by Gasteiger charge is -2.15. The molecule has 1 rings (SSSR count). The number of aliphatic hydroxyl groups is 2. The van der Waals surface area contributed by atoms with Gasteiger partial charge in [0.1, 0.15) is 11.4 Å². The van der Waals surface area contributed by atoms with E-state index in [-0.39, 0.29) is 24.6 Å². The van der Waals surface area contributed by atoms with Crippen LogP contribution in [-0.4, -0.2) is 47.5 Å². The molecule has 6 heteroatoms. The third kappa shape index (κ3) is 2.91. The quantitative estimate of drug-likeness (QED) is 0.593. The monoisotopic (exact) mass is 226 g/mol. The minimum atomic E-state index is -0.557. The number of pyridine rings is 1. The summed E-state index contributed by atoms with van der Waals surface area (Å²) in [5, 5.41) is 20.6. The van der Waals surface area contributed by atoms with E-state index < -0.39 is 12.0 Å². The minimum Gasteiger partial charge on any atom is -0.465 e. The molecule has 0 aliphatic carbocycles. The Morgan fingerprint density at radius 1 is 1.56 bits per heavy atom. The Bertz CT molecular complexity index is 352. The molecule has 16 heavy (non-hydrogen) atoms. The first-order valence-electron chi connectivity index (χ1n) is 4.74. The van der Waals surface area contributed by atoms with Crippen molar-refractivity contribution in [2.75, 3.05) is 25.6 Å². The third-order valence-corrected chi connectivity index (χ3v) is 1.99. The van der Waals surface area contributed by atoms with Gasteiger partial charge in [0.25, 0.3) is 0 Å². The lowest BCUT2D eigenvalue weighted by Crippen LogP contribution is -2.29.